The van der Waals surface area contributed by atoms with Crippen molar-refractivity contribution in [1.29, 1.82) is 0 Å². The zero-order valence-corrected chi connectivity index (χ0v) is 14.1. The van der Waals surface area contributed by atoms with E-state index in [0.717, 1.165) is 12.8 Å². The summed E-state index contributed by atoms with van der Waals surface area (Å²) in [7, 11) is 0. The van der Waals surface area contributed by atoms with Crippen LogP contribution in [-0.2, 0) is 6.73 Å². The average Bonchev–Trinajstić information content (AvgIpc) is 3.02. The van der Waals surface area contributed by atoms with Gasteiger partial charge in [0.1, 0.15) is 11.4 Å². The number of nitrogens with one attached hydrogen (secondary N) is 1. The van der Waals surface area contributed by atoms with Gasteiger partial charge in [0, 0.05) is 17.8 Å². The van der Waals surface area contributed by atoms with Crippen molar-refractivity contribution in [3.05, 3.63) is 47.2 Å². The van der Waals surface area contributed by atoms with Crippen molar-refractivity contribution in [3.8, 4) is 5.75 Å². The van der Waals surface area contributed by atoms with Gasteiger partial charge in [0.25, 0.3) is 5.91 Å². The van der Waals surface area contributed by atoms with Crippen molar-refractivity contribution in [2.75, 3.05) is 6.54 Å². The van der Waals surface area contributed by atoms with Crippen LogP contribution in [0.2, 0.25) is 5.02 Å². The van der Waals surface area contributed by atoms with Crippen molar-refractivity contribution < 1.29 is 9.53 Å². The van der Waals surface area contributed by atoms with E-state index < -0.39 is 0 Å². The molecule has 0 aliphatic rings. The predicted octanol–water partition coefficient (Wildman–Crippen LogP) is 3.88. The average molecular weight is 336 g/mol. The number of hydrogen-bond acceptors (Lipinski definition) is 3. The summed E-state index contributed by atoms with van der Waals surface area (Å²) in [5.74, 6) is 0.550. The smallest absolute Gasteiger partial charge is 0.269 e. The van der Waals surface area contributed by atoms with Crippen molar-refractivity contribution in [3.63, 3.8) is 0 Å². The summed E-state index contributed by atoms with van der Waals surface area (Å²) in [6.45, 7) is 3.02. The lowest BCUT2D eigenvalue weighted by Gasteiger charge is -2.10. The van der Waals surface area contributed by atoms with Crippen LogP contribution in [-0.4, -0.2) is 22.2 Å². The molecule has 2 rings (SSSR count). The number of hydrogen-bond donors (Lipinski definition) is 1. The van der Waals surface area contributed by atoms with E-state index >= 15 is 0 Å². The van der Waals surface area contributed by atoms with Crippen molar-refractivity contribution in [1.82, 2.24) is 15.1 Å². The van der Waals surface area contributed by atoms with E-state index in [9.17, 15) is 4.79 Å². The molecule has 1 aromatic carbocycles. The van der Waals surface area contributed by atoms with Crippen LogP contribution in [0.3, 0.4) is 0 Å². The summed E-state index contributed by atoms with van der Waals surface area (Å²) in [6.07, 6.45) is 6.10. The maximum absolute atomic E-state index is 12.2. The minimum atomic E-state index is -0.126. The highest BCUT2D eigenvalue weighted by atomic mass is 35.5. The summed E-state index contributed by atoms with van der Waals surface area (Å²) >= 11 is 5.83. The molecule has 1 N–H and O–H groups in total. The van der Waals surface area contributed by atoms with Crippen molar-refractivity contribution in [2.24, 2.45) is 0 Å². The van der Waals surface area contributed by atoms with E-state index in [1.807, 2.05) is 0 Å². The fourth-order valence-corrected chi connectivity index (χ4v) is 2.27. The van der Waals surface area contributed by atoms with Crippen LogP contribution in [0.4, 0.5) is 0 Å². The number of unbranched alkanes of at least 4 members (excludes halogenated alkanes) is 3. The molecule has 0 radical (unpaired) electrons. The maximum atomic E-state index is 12.2. The first-order valence-electron chi connectivity index (χ1n) is 7.89. The number of rotatable bonds is 9. The third kappa shape index (κ3) is 5.60. The van der Waals surface area contributed by atoms with E-state index in [4.69, 9.17) is 16.3 Å². The Morgan fingerprint density at radius 1 is 1.22 bits per heavy atom. The Hall–Kier alpha value is -2.01. The van der Waals surface area contributed by atoms with E-state index in [2.05, 4.69) is 17.3 Å². The summed E-state index contributed by atoms with van der Waals surface area (Å²) < 4.78 is 7.15. The molecule has 0 bridgehead atoms. The van der Waals surface area contributed by atoms with Gasteiger partial charge in [0.2, 0.25) is 0 Å². The number of aromatic nitrogens is 2. The van der Waals surface area contributed by atoms with Crippen LogP contribution in [0, 0.1) is 0 Å². The first kappa shape index (κ1) is 17.3. The Kier molecular flexibility index (Phi) is 6.94. The quantitative estimate of drug-likeness (QED) is 0.707. The predicted molar refractivity (Wildman–Crippen MR) is 90.8 cm³/mol. The minimum Gasteiger partial charge on any atom is -0.471 e. The van der Waals surface area contributed by atoms with Gasteiger partial charge in [-0.3, -0.25) is 4.79 Å². The first-order chi connectivity index (χ1) is 11.2. The molecule has 0 aliphatic carbocycles. The summed E-state index contributed by atoms with van der Waals surface area (Å²) in [4.78, 5) is 12.2. The number of carbonyl (C=O) groups is 1. The molecule has 1 aromatic heterocycles. The standard InChI is InChI=1S/C17H22ClN3O2/c1-2-3-4-5-11-19-17(22)16-10-12-20-21(16)13-23-15-8-6-14(18)7-9-15/h6-10,12H,2-5,11,13H2,1H3,(H,19,22). The third-order valence-corrected chi connectivity index (χ3v) is 3.68. The van der Waals surface area contributed by atoms with Crippen molar-refractivity contribution >= 4 is 17.5 Å². The van der Waals surface area contributed by atoms with E-state index in [1.54, 1.807) is 36.5 Å². The van der Waals surface area contributed by atoms with Gasteiger partial charge in [-0.05, 0) is 36.8 Å². The largest absolute Gasteiger partial charge is 0.471 e. The van der Waals surface area contributed by atoms with E-state index in [-0.39, 0.29) is 12.6 Å². The summed E-state index contributed by atoms with van der Waals surface area (Å²) in [6, 6.07) is 8.75. The second-order valence-electron chi connectivity index (χ2n) is 5.26. The summed E-state index contributed by atoms with van der Waals surface area (Å²) in [5.41, 5.74) is 0.495. The van der Waals surface area contributed by atoms with Gasteiger partial charge >= 0.3 is 0 Å². The minimum absolute atomic E-state index is 0.126. The molecule has 1 amide bonds. The monoisotopic (exact) mass is 335 g/mol. The Balaban J connectivity index is 1.83. The lowest BCUT2D eigenvalue weighted by molar-refractivity contribution is 0.0931. The molecule has 0 aliphatic heterocycles. The maximum Gasteiger partial charge on any atom is 0.269 e. The van der Waals surface area contributed by atoms with Crippen LogP contribution in [0.5, 0.6) is 5.75 Å². The van der Waals surface area contributed by atoms with Crippen LogP contribution < -0.4 is 10.1 Å². The van der Waals surface area contributed by atoms with Gasteiger partial charge in [0.05, 0.1) is 0 Å². The van der Waals surface area contributed by atoms with Crippen LogP contribution in [0.25, 0.3) is 0 Å². The second kappa shape index (κ2) is 9.20. The SMILES string of the molecule is CCCCCCNC(=O)c1ccnn1COc1ccc(Cl)cc1. The van der Waals surface area contributed by atoms with Gasteiger partial charge < -0.3 is 10.1 Å². The molecule has 0 saturated heterocycles. The van der Waals surface area contributed by atoms with Crippen LogP contribution in [0.15, 0.2) is 36.5 Å². The van der Waals surface area contributed by atoms with E-state index in [1.165, 1.54) is 17.5 Å². The molecule has 1 heterocycles. The highest BCUT2D eigenvalue weighted by Gasteiger charge is 2.11. The lowest BCUT2D eigenvalue weighted by atomic mass is 10.2. The molecular formula is C17H22ClN3O2. The normalized spacial score (nSPS) is 10.5. The molecule has 6 heteroatoms. The molecule has 23 heavy (non-hydrogen) atoms. The second-order valence-corrected chi connectivity index (χ2v) is 5.70. The number of ether oxygens (including phenoxy) is 1. The van der Waals surface area contributed by atoms with Crippen LogP contribution >= 0.6 is 11.6 Å². The fourth-order valence-electron chi connectivity index (χ4n) is 2.14. The molecule has 0 spiro atoms. The number of carbonyl (C=O) groups excluding carboxylic acids is 1. The molecule has 0 saturated carbocycles. The molecule has 0 unspecified atom stereocenters. The number of nitrogens with zero attached hydrogens (tertiary/aromatic N) is 2. The zero-order valence-electron chi connectivity index (χ0n) is 13.3. The van der Waals surface area contributed by atoms with E-state index in [0.29, 0.717) is 23.0 Å². The zero-order chi connectivity index (χ0) is 16.5. The number of benzene rings is 1. The molecular weight excluding hydrogens is 314 g/mol. The highest BCUT2D eigenvalue weighted by Crippen LogP contribution is 2.16. The van der Waals surface area contributed by atoms with Gasteiger partial charge in [-0.25, -0.2) is 4.68 Å². The van der Waals surface area contributed by atoms with Crippen LogP contribution in [0.1, 0.15) is 43.1 Å². The molecule has 5 nitrogen and oxygen atoms in total. The Morgan fingerprint density at radius 3 is 2.74 bits per heavy atom. The Morgan fingerprint density at radius 2 is 2.00 bits per heavy atom. The molecule has 2 aromatic rings. The van der Waals surface area contributed by atoms with Gasteiger partial charge in [-0.15, -0.1) is 0 Å². The first-order valence-corrected chi connectivity index (χ1v) is 8.27. The molecule has 0 atom stereocenters. The van der Waals surface area contributed by atoms with Gasteiger partial charge in [0.15, 0.2) is 6.73 Å². The lowest BCUT2D eigenvalue weighted by Crippen LogP contribution is -2.27. The van der Waals surface area contributed by atoms with Gasteiger partial charge in [-0.1, -0.05) is 37.8 Å². The molecule has 124 valence electrons. The number of halogens is 1. The number of amides is 1. The summed E-state index contributed by atoms with van der Waals surface area (Å²) in [5, 5.41) is 7.70. The third-order valence-electron chi connectivity index (χ3n) is 3.43. The van der Waals surface area contributed by atoms with Gasteiger partial charge in [-0.2, -0.15) is 5.10 Å². The fraction of sp³-hybridized carbons (Fsp3) is 0.412. The Labute approximate surface area is 141 Å². The molecule has 0 fully saturated rings. The van der Waals surface area contributed by atoms with Crippen molar-refractivity contribution in [2.45, 2.75) is 39.3 Å². The highest BCUT2D eigenvalue weighted by molar-refractivity contribution is 6.30. The topological polar surface area (TPSA) is 56.2 Å². The Bertz CT molecular complexity index is 611.